The van der Waals surface area contributed by atoms with Crippen LogP contribution < -0.4 is 15.4 Å². The number of alkyl halides is 5. The second kappa shape index (κ2) is 10.6. The van der Waals surface area contributed by atoms with Gasteiger partial charge in [0.15, 0.2) is 6.10 Å². The summed E-state index contributed by atoms with van der Waals surface area (Å²) in [5.41, 5.74) is -0.332. The largest absolute Gasteiger partial charge is 0.479 e. The highest BCUT2D eigenvalue weighted by Gasteiger charge is 2.29. The van der Waals surface area contributed by atoms with E-state index in [1.807, 2.05) is 0 Å². The summed E-state index contributed by atoms with van der Waals surface area (Å²) in [7, 11) is -2.48. The number of aromatic nitrogens is 2. The summed E-state index contributed by atoms with van der Waals surface area (Å²) in [4.78, 5) is 20.1. The first-order valence-corrected chi connectivity index (χ1v) is 13.1. The second-order valence-electron chi connectivity index (χ2n) is 8.44. The lowest BCUT2D eigenvalue weighted by Gasteiger charge is -2.20. The molecule has 0 saturated carbocycles. The van der Waals surface area contributed by atoms with Crippen LogP contribution >= 0.6 is 0 Å². The summed E-state index contributed by atoms with van der Waals surface area (Å²) in [5, 5.41) is 4.33. The standard InChI is InChI=1S/C23H21F6N5O3S/c1-12(22(35)30-10-23(27,28)29)37-18-7-13(24)3-4-16(18)33-21-19-15(20(25)26)8-14(9-17(19)31-11-32-21)34-38(36)5-2-6-38/h3-4,7-9,11-12,20H,2,5-6,10H2,1H3,(H,30,35)(H,31,32,33)/t12-/m1/s1. The van der Waals surface area contributed by atoms with E-state index in [9.17, 15) is 35.3 Å². The highest BCUT2D eigenvalue weighted by atomic mass is 32.2. The first-order chi connectivity index (χ1) is 17.8. The summed E-state index contributed by atoms with van der Waals surface area (Å²) in [6.07, 6.45) is -7.27. The van der Waals surface area contributed by atoms with Crippen molar-refractivity contribution in [2.24, 2.45) is 4.36 Å². The van der Waals surface area contributed by atoms with E-state index in [0.717, 1.165) is 37.9 Å². The number of carbonyl (C=O) groups excluding carboxylic acids is 1. The number of fused-ring (bicyclic) bond motifs is 1. The fraction of sp³-hybridized carbons (Fsp3) is 0.348. The Kier molecular flexibility index (Phi) is 7.67. The van der Waals surface area contributed by atoms with Gasteiger partial charge < -0.3 is 15.4 Å². The normalized spacial score (nSPS) is 15.6. The number of nitrogens with zero attached hydrogens (tertiary/aromatic N) is 3. The first-order valence-electron chi connectivity index (χ1n) is 11.2. The fourth-order valence-electron chi connectivity index (χ4n) is 3.60. The smallest absolute Gasteiger partial charge is 0.405 e. The number of hydrogen-bond acceptors (Lipinski definition) is 7. The molecule has 1 fully saturated rings. The molecule has 1 saturated heterocycles. The van der Waals surface area contributed by atoms with E-state index in [2.05, 4.69) is 19.6 Å². The van der Waals surface area contributed by atoms with Gasteiger partial charge in [0.2, 0.25) is 0 Å². The lowest BCUT2D eigenvalue weighted by molar-refractivity contribution is -0.142. The van der Waals surface area contributed by atoms with Gasteiger partial charge in [0.25, 0.3) is 12.3 Å². The van der Waals surface area contributed by atoms with E-state index in [4.69, 9.17) is 4.74 Å². The quantitative estimate of drug-likeness (QED) is 0.357. The van der Waals surface area contributed by atoms with Crippen molar-refractivity contribution in [3.05, 3.63) is 48.0 Å². The Bertz CT molecular complexity index is 1480. The molecule has 15 heteroatoms. The number of benzene rings is 2. The van der Waals surface area contributed by atoms with Gasteiger partial charge in [-0.2, -0.15) is 17.5 Å². The van der Waals surface area contributed by atoms with Gasteiger partial charge in [0.05, 0.1) is 32.0 Å². The van der Waals surface area contributed by atoms with Crippen molar-refractivity contribution in [3.63, 3.8) is 0 Å². The Hall–Kier alpha value is -3.62. The van der Waals surface area contributed by atoms with E-state index >= 15 is 0 Å². The van der Waals surface area contributed by atoms with Gasteiger partial charge in [-0.15, -0.1) is 0 Å². The van der Waals surface area contributed by atoms with E-state index in [1.165, 1.54) is 12.1 Å². The van der Waals surface area contributed by atoms with Crippen LogP contribution in [0.2, 0.25) is 0 Å². The van der Waals surface area contributed by atoms with Crippen LogP contribution in [0.15, 0.2) is 41.0 Å². The zero-order chi connectivity index (χ0) is 27.7. The van der Waals surface area contributed by atoms with Crippen molar-refractivity contribution >= 4 is 43.7 Å². The van der Waals surface area contributed by atoms with Gasteiger partial charge in [-0.25, -0.2) is 27.3 Å². The molecule has 204 valence electrons. The molecule has 1 aliphatic heterocycles. The molecule has 1 aromatic heterocycles. The molecule has 2 aromatic carbocycles. The van der Waals surface area contributed by atoms with E-state index in [1.54, 1.807) is 5.32 Å². The predicted octanol–water partition coefficient (Wildman–Crippen LogP) is 5.40. The van der Waals surface area contributed by atoms with Crippen LogP contribution in [-0.2, 0) is 14.5 Å². The van der Waals surface area contributed by atoms with Crippen LogP contribution in [0.3, 0.4) is 0 Å². The molecule has 3 aromatic rings. The fourth-order valence-corrected chi connectivity index (χ4v) is 5.06. The third-order valence-corrected chi connectivity index (χ3v) is 7.92. The number of anilines is 2. The topological polar surface area (TPSA) is 106 Å². The maximum Gasteiger partial charge on any atom is 0.405 e. The molecule has 8 nitrogen and oxygen atoms in total. The minimum Gasteiger partial charge on any atom is -0.479 e. The van der Waals surface area contributed by atoms with Gasteiger partial charge in [-0.3, -0.25) is 4.79 Å². The zero-order valence-electron chi connectivity index (χ0n) is 19.7. The molecule has 0 bridgehead atoms. The van der Waals surface area contributed by atoms with Crippen molar-refractivity contribution in [2.75, 3.05) is 23.4 Å². The van der Waals surface area contributed by atoms with Crippen molar-refractivity contribution in [1.29, 1.82) is 0 Å². The number of nitrogens with one attached hydrogen (secondary N) is 2. The summed E-state index contributed by atoms with van der Waals surface area (Å²) in [6, 6.07) is 5.58. The molecule has 0 aliphatic carbocycles. The summed E-state index contributed by atoms with van der Waals surface area (Å²) >= 11 is 0. The van der Waals surface area contributed by atoms with Crippen LogP contribution in [0.4, 0.5) is 43.5 Å². The maximum atomic E-state index is 14.1. The van der Waals surface area contributed by atoms with E-state index in [-0.39, 0.29) is 33.8 Å². The van der Waals surface area contributed by atoms with Crippen LogP contribution in [-0.4, -0.2) is 50.4 Å². The molecular weight excluding hydrogens is 540 g/mol. The van der Waals surface area contributed by atoms with Crippen LogP contribution in [0.1, 0.15) is 25.3 Å². The predicted molar refractivity (Wildman–Crippen MR) is 128 cm³/mol. The van der Waals surface area contributed by atoms with Crippen LogP contribution in [0.5, 0.6) is 5.75 Å². The molecule has 0 spiro atoms. The minimum absolute atomic E-state index is 0.00623. The van der Waals surface area contributed by atoms with E-state index < -0.39 is 52.3 Å². The lowest BCUT2D eigenvalue weighted by atomic mass is 10.1. The van der Waals surface area contributed by atoms with Gasteiger partial charge >= 0.3 is 6.18 Å². The lowest BCUT2D eigenvalue weighted by Crippen LogP contribution is -2.41. The summed E-state index contributed by atoms with van der Waals surface area (Å²) in [6.45, 7) is -0.423. The van der Waals surface area contributed by atoms with Gasteiger partial charge in [0.1, 0.15) is 30.3 Å². The van der Waals surface area contributed by atoms with Gasteiger partial charge in [-0.05, 0) is 37.6 Å². The summed E-state index contributed by atoms with van der Waals surface area (Å²) < 4.78 is 101. The number of halogens is 6. The number of ether oxygens (including phenoxy) is 1. The molecular formula is C23H21F6N5O3S. The maximum absolute atomic E-state index is 14.1. The molecule has 0 radical (unpaired) electrons. The number of carbonyl (C=O) groups is 1. The SMILES string of the molecule is C[C@@H](Oc1cc(F)ccc1Nc1ncnc2cc(N=S3(=O)CCC3)cc(C(F)F)c12)C(=O)NCC(F)(F)F. The number of hydrogen-bond donors (Lipinski definition) is 2. The number of amides is 1. The average molecular weight is 562 g/mol. The van der Waals surface area contributed by atoms with E-state index in [0.29, 0.717) is 11.5 Å². The highest BCUT2D eigenvalue weighted by Crippen LogP contribution is 2.38. The van der Waals surface area contributed by atoms with Crippen LogP contribution in [0.25, 0.3) is 10.9 Å². The number of rotatable bonds is 8. The van der Waals surface area contributed by atoms with Crippen LogP contribution in [0, 0.1) is 5.82 Å². The Morgan fingerprint density at radius 3 is 2.55 bits per heavy atom. The Balaban J connectivity index is 1.68. The Morgan fingerprint density at radius 1 is 1.18 bits per heavy atom. The molecule has 1 atom stereocenters. The monoisotopic (exact) mass is 561 g/mol. The second-order valence-corrected chi connectivity index (χ2v) is 11.0. The average Bonchev–Trinajstić information content (AvgIpc) is 2.82. The molecule has 0 unspecified atom stereocenters. The highest BCUT2D eigenvalue weighted by molar-refractivity contribution is 7.95. The molecule has 2 heterocycles. The van der Waals surface area contributed by atoms with Crippen molar-refractivity contribution < 1.29 is 40.1 Å². The summed E-state index contributed by atoms with van der Waals surface area (Å²) in [5.74, 6) is -1.53. The minimum atomic E-state index is -4.64. The molecule has 1 amide bonds. The molecule has 1 aliphatic rings. The molecule has 38 heavy (non-hydrogen) atoms. The third kappa shape index (κ3) is 6.44. The Labute approximate surface area is 213 Å². The van der Waals surface area contributed by atoms with Gasteiger partial charge in [0, 0.05) is 23.1 Å². The molecule has 4 rings (SSSR count). The zero-order valence-corrected chi connectivity index (χ0v) is 20.5. The molecule has 2 N–H and O–H groups in total. The first kappa shape index (κ1) is 27.4. The third-order valence-electron chi connectivity index (χ3n) is 5.52. The van der Waals surface area contributed by atoms with Crippen molar-refractivity contribution in [3.8, 4) is 5.75 Å². The van der Waals surface area contributed by atoms with Gasteiger partial charge in [-0.1, -0.05) is 0 Å². The van der Waals surface area contributed by atoms with Crippen molar-refractivity contribution in [2.45, 2.75) is 32.1 Å². The Morgan fingerprint density at radius 2 is 1.92 bits per heavy atom. The van der Waals surface area contributed by atoms with Crippen molar-refractivity contribution in [1.82, 2.24) is 15.3 Å².